The fourth-order valence-corrected chi connectivity index (χ4v) is 2.19. The van der Waals surface area contributed by atoms with Gasteiger partial charge >= 0.3 is 0 Å². The Balaban J connectivity index is 2.05. The van der Waals surface area contributed by atoms with Crippen LogP contribution in [0, 0.1) is 17.1 Å². The average molecular weight is 364 g/mol. The van der Waals surface area contributed by atoms with Crippen molar-refractivity contribution in [3.63, 3.8) is 0 Å². The molecule has 0 fully saturated rings. The molecule has 0 bridgehead atoms. The van der Waals surface area contributed by atoms with Gasteiger partial charge in [-0.05, 0) is 18.2 Å². The number of nitrogens with one attached hydrogen (secondary N) is 2. The van der Waals surface area contributed by atoms with Crippen molar-refractivity contribution in [2.24, 2.45) is 0 Å². The van der Waals surface area contributed by atoms with E-state index in [1.165, 1.54) is 12.3 Å². The third kappa shape index (κ3) is 4.48. The normalized spacial score (nSPS) is 10.8. The first-order valence-electron chi connectivity index (χ1n) is 6.85. The van der Waals surface area contributed by atoms with E-state index in [1.807, 2.05) is 0 Å². The zero-order valence-electron chi connectivity index (χ0n) is 12.3. The molecule has 2 aromatic rings. The summed E-state index contributed by atoms with van der Waals surface area (Å²) in [6, 6.07) is 12.8. The molecule has 0 spiro atoms. The number of carbonyl (C=O) groups is 1. The molecular weight excluding hydrogens is 352 g/mol. The van der Waals surface area contributed by atoms with Crippen LogP contribution in [0.1, 0.15) is 5.56 Å². The second-order valence-corrected chi connectivity index (χ2v) is 5.48. The van der Waals surface area contributed by atoms with Crippen molar-refractivity contribution in [1.82, 2.24) is 5.32 Å². The van der Waals surface area contributed by atoms with Gasteiger partial charge in [-0.1, -0.05) is 47.5 Å². The molecule has 4 nitrogen and oxygen atoms in total. The summed E-state index contributed by atoms with van der Waals surface area (Å²) in [5.41, 5.74) is 0.538. The Morgan fingerprint density at radius 1 is 1.21 bits per heavy atom. The Labute approximate surface area is 148 Å². The van der Waals surface area contributed by atoms with Gasteiger partial charge in [0.25, 0.3) is 5.91 Å². The molecule has 0 radical (unpaired) electrons. The van der Waals surface area contributed by atoms with Gasteiger partial charge in [0.2, 0.25) is 0 Å². The van der Waals surface area contributed by atoms with Gasteiger partial charge in [-0.15, -0.1) is 0 Å². The van der Waals surface area contributed by atoms with Crippen LogP contribution in [-0.4, -0.2) is 5.91 Å². The minimum absolute atomic E-state index is 0.142. The van der Waals surface area contributed by atoms with E-state index in [4.69, 9.17) is 28.5 Å². The molecule has 0 aliphatic rings. The summed E-state index contributed by atoms with van der Waals surface area (Å²) in [7, 11) is 0. The molecule has 1 amide bonds. The van der Waals surface area contributed by atoms with Crippen LogP contribution in [0.5, 0.6) is 0 Å². The van der Waals surface area contributed by atoms with Crippen LogP contribution in [0.2, 0.25) is 10.0 Å². The van der Waals surface area contributed by atoms with E-state index in [0.717, 1.165) is 0 Å². The van der Waals surface area contributed by atoms with Crippen LogP contribution in [0.4, 0.5) is 10.1 Å². The smallest absolute Gasteiger partial charge is 0.267 e. The summed E-state index contributed by atoms with van der Waals surface area (Å²) in [5.74, 6) is -1.02. The highest BCUT2D eigenvalue weighted by Crippen LogP contribution is 2.29. The fraction of sp³-hybridized carbons (Fsp3) is 0.0588. The van der Waals surface area contributed by atoms with E-state index in [1.54, 1.807) is 42.5 Å². The standard InChI is InChI=1S/C17H12Cl2FN3O/c18-13-5-3-7-15(16(13)19)23-17(24)12(8-21)10-22-9-11-4-1-2-6-14(11)20/h1-7,10,22H,9H2,(H,23,24)/b12-10-. The minimum Gasteiger partial charge on any atom is -0.385 e. The van der Waals surface area contributed by atoms with Gasteiger partial charge in [-0.2, -0.15) is 5.26 Å². The highest BCUT2D eigenvalue weighted by molar-refractivity contribution is 6.44. The van der Waals surface area contributed by atoms with Crippen LogP contribution < -0.4 is 10.6 Å². The number of rotatable bonds is 5. The Morgan fingerprint density at radius 3 is 2.67 bits per heavy atom. The third-order valence-corrected chi connectivity index (χ3v) is 3.88. The van der Waals surface area contributed by atoms with Crippen LogP contribution in [0.25, 0.3) is 0 Å². The number of halogens is 3. The molecule has 122 valence electrons. The molecule has 0 unspecified atom stereocenters. The predicted molar refractivity (Wildman–Crippen MR) is 92.0 cm³/mol. The number of nitriles is 1. The number of benzene rings is 2. The summed E-state index contributed by atoms with van der Waals surface area (Å²) >= 11 is 11.8. The topological polar surface area (TPSA) is 64.9 Å². The SMILES string of the molecule is N#C/C(=C/NCc1ccccc1F)C(=O)Nc1cccc(Cl)c1Cl. The monoisotopic (exact) mass is 363 g/mol. The maximum absolute atomic E-state index is 13.5. The largest absolute Gasteiger partial charge is 0.385 e. The number of hydrogen-bond acceptors (Lipinski definition) is 3. The van der Waals surface area contributed by atoms with Crippen LogP contribution in [0.15, 0.2) is 54.2 Å². The molecule has 2 aromatic carbocycles. The minimum atomic E-state index is -0.650. The third-order valence-electron chi connectivity index (χ3n) is 3.06. The lowest BCUT2D eigenvalue weighted by Gasteiger charge is -2.08. The lowest BCUT2D eigenvalue weighted by Crippen LogP contribution is -2.17. The van der Waals surface area contributed by atoms with Gasteiger partial charge in [0.05, 0.1) is 15.7 Å². The molecule has 0 aliphatic heterocycles. The van der Waals surface area contributed by atoms with Gasteiger partial charge in [0.1, 0.15) is 17.5 Å². The molecule has 2 rings (SSSR count). The molecule has 0 saturated heterocycles. The molecule has 7 heteroatoms. The summed E-state index contributed by atoms with van der Waals surface area (Å²) < 4.78 is 13.5. The van der Waals surface area contributed by atoms with E-state index >= 15 is 0 Å². The second-order valence-electron chi connectivity index (χ2n) is 4.70. The molecule has 0 aromatic heterocycles. The zero-order chi connectivity index (χ0) is 17.5. The summed E-state index contributed by atoms with van der Waals surface area (Å²) in [5, 5.41) is 14.8. The molecule has 0 saturated carbocycles. The van der Waals surface area contributed by atoms with Gasteiger partial charge in [-0.25, -0.2) is 4.39 Å². The molecule has 0 heterocycles. The van der Waals surface area contributed by atoms with Crippen molar-refractivity contribution in [2.75, 3.05) is 5.32 Å². The first-order valence-corrected chi connectivity index (χ1v) is 7.61. The van der Waals surface area contributed by atoms with Crippen molar-refractivity contribution in [3.05, 3.63) is 75.7 Å². The Morgan fingerprint density at radius 2 is 1.96 bits per heavy atom. The number of hydrogen-bond donors (Lipinski definition) is 2. The Bertz CT molecular complexity index is 831. The van der Waals surface area contributed by atoms with E-state index in [-0.39, 0.29) is 28.0 Å². The fourth-order valence-electron chi connectivity index (χ4n) is 1.84. The Kier molecular flexibility index (Phi) is 6.19. The van der Waals surface area contributed by atoms with Crippen molar-refractivity contribution < 1.29 is 9.18 Å². The number of carbonyl (C=O) groups excluding carboxylic acids is 1. The van der Waals surface area contributed by atoms with E-state index in [9.17, 15) is 9.18 Å². The first kappa shape index (κ1) is 17.8. The summed E-state index contributed by atoms with van der Waals surface area (Å²) in [4.78, 5) is 12.1. The highest BCUT2D eigenvalue weighted by Gasteiger charge is 2.12. The molecule has 0 atom stereocenters. The lowest BCUT2D eigenvalue weighted by atomic mass is 10.2. The van der Waals surface area contributed by atoms with Crippen molar-refractivity contribution in [3.8, 4) is 6.07 Å². The average Bonchev–Trinajstić information content (AvgIpc) is 2.57. The molecule has 2 N–H and O–H groups in total. The van der Waals surface area contributed by atoms with Crippen molar-refractivity contribution >= 4 is 34.8 Å². The lowest BCUT2D eigenvalue weighted by molar-refractivity contribution is -0.112. The maximum Gasteiger partial charge on any atom is 0.267 e. The summed E-state index contributed by atoms with van der Waals surface area (Å²) in [6.45, 7) is 0.142. The number of amides is 1. The van der Waals surface area contributed by atoms with E-state index < -0.39 is 5.91 Å². The number of nitrogens with zero attached hydrogens (tertiary/aromatic N) is 1. The zero-order valence-corrected chi connectivity index (χ0v) is 13.8. The number of anilines is 1. The first-order chi connectivity index (χ1) is 11.5. The van der Waals surface area contributed by atoms with Gasteiger partial charge < -0.3 is 10.6 Å². The quantitative estimate of drug-likeness (QED) is 0.615. The molecule has 24 heavy (non-hydrogen) atoms. The molecular formula is C17H12Cl2FN3O. The molecule has 0 aliphatic carbocycles. The van der Waals surface area contributed by atoms with Gasteiger partial charge in [0, 0.05) is 18.3 Å². The highest BCUT2D eigenvalue weighted by atomic mass is 35.5. The second kappa shape index (κ2) is 8.34. The Hall–Kier alpha value is -2.55. The van der Waals surface area contributed by atoms with E-state index in [0.29, 0.717) is 11.3 Å². The van der Waals surface area contributed by atoms with Crippen molar-refractivity contribution in [2.45, 2.75) is 6.54 Å². The summed E-state index contributed by atoms with van der Waals surface area (Å²) in [6.07, 6.45) is 1.22. The maximum atomic E-state index is 13.5. The van der Waals surface area contributed by atoms with Crippen molar-refractivity contribution in [1.29, 1.82) is 5.26 Å². The van der Waals surface area contributed by atoms with Gasteiger partial charge in [-0.3, -0.25) is 4.79 Å². The van der Waals surface area contributed by atoms with Gasteiger partial charge in [0.15, 0.2) is 0 Å². The van der Waals surface area contributed by atoms with Crippen LogP contribution >= 0.6 is 23.2 Å². The van der Waals surface area contributed by atoms with Crippen LogP contribution in [0.3, 0.4) is 0 Å². The predicted octanol–water partition coefficient (Wildman–Crippen LogP) is 4.27. The van der Waals surface area contributed by atoms with Crippen LogP contribution in [-0.2, 0) is 11.3 Å². The van der Waals surface area contributed by atoms with E-state index in [2.05, 4.69) is 10.6 Å².